The zero-order chi connectivity index (χ0) is 31.8. The van der Waals surface area contributed by atoms with Crippen molar-refractivity contribution in [1.29, 1.82) is 0 Å². The predicted molar refractivity (Wildman–Crippen MR) is 187 cm³/mol. The zero-order valence-electron chi connectivity index (χ0n) is 28.8. The number of ether oxygens (including phenoxy) is 1. The van der Waals surface area contributed by atoms with Gasteiger partial charge in [0.1, 0.15) is 5.75 Å². The summed E-state index contributed by atoms with van der Waals surface area (Å²) in [6.45, 7) is 13.1. The third-order valence-electron chi connectivity index (χ3n) is 8.24. The van der Waals surface area contributed by atoms with E-state index in [1.165, 1.54) is 86.6 Å². The summed E-state index contributed by atoms with van der Waals surface area (Å²) in [6, 6.07) is 14.6. The average molecular weight is 701 g/mol. The molecule has 0 saturated heterocycles. The monoisotopic (exact) mass is 699 g/mol. The van der Waals surface area contributed by atoms with Crippen LogP contribution in [0.2, 0.25) is 0 Å². The molecule has 3 aromatic rings. The minimum absolute atomic E-state index is 0. The number of rotatable bonds is 19. The Labute approximate surface area is 288 Å². The van der Waals surface area contributed by atoms with Crippen LogP contribution in [0.5, 0.6) is 5.75 Å². The van der Waals surface area contributed by atoms with Gasteiger partial charge in [0, 0.05) is 18.3 Å². The van der Waals surface area contributed by atoms with E-state index < -0.39 is 0 Å². The quantitative estimate of drug-likeness (QED) is 0.107. The second kappa shape index (κ2) is 20.7. The first kappa shape index (κ1) is 38.8. The Morgan fingerprint density at radius 1 is 0.867 bits per heavy atom. The lowest BCUT2D eigenvalue weighted by molar-refractivity contribution is -0.683. The summed E-state index contributed by atoms with van der Waals surface area (Å²) in [5.74, 6) is 0.938. The summed E-state index contributed by atoms with van der Waals surface area (Å²) in [7, 11) is 1.69. The first-order valence-corrected chi connectivity index (χ1v) is 17.9. The number of benzene rings is 2. The molecule has 0 bridgehead atoms. The number of nitrogens with zero attached hydrogens (tertiary/aromatic N) is 2. The highest BCUT2D eigenvalue weighted by Gasteiger charge is 2.21. The van der Waals surface area contributed by atoms with Crippen LogP contribution in [-0.4, -0.2) is 19.7 Å². The van der Waals surface area contributed by atoms with Crippen LogP contribution >= 0.6 is 11.3 Å². The van der Waals surface area contributed by atoms with Gasteiger partial charge in [0.25, 0.3) is 0 Å². The summed E-state index contributed by atoms with van der Waals surface area (Å²) >= 11 is 1.75. The molecular weight excluding hydrogens is 642 g/mol. The van der Waals surface area contributed by atoms with E-state index in [1.54, 1.807) is 23.3 Å². The van der Waals surface area contributed by atoms with Crippen LogP contribution in [-0.2, 0) is 18.5 Å². The second-order valence-electron chi connectivity index (χ2n) is 13.3. The van der Waals surface area contributed by atoms with Crippen molar-refractivity contribution in [3.63, 3.8) is 0 Å². The molecule has 0 aliphatic rings. The van der Waals surface area contributed by atoms with E-state index in [1.807, 2.05) is 12.1 Å². The number of hydrogen-bond donors (Lipinski definition) is 1. The van der Waals surface area contributed by atoms with E-state index in [9.17, 15) is 4.79 Å². The van der Waals surface area contributed by atoms with Crippen LogP contribution in [0.15, 0.2) is 54.2 Å². The minimum atomic E-state index is -0.126. The molecule has 0 atom stereocenters. The van der Waals surface area contributed by atoms with Gasteiger partial charge in [-0.05, 0) is 48.1 Å². The highest BCUT2D eigenvalue weighted by molar-refractivity contribution is 7.09. The molecule has 0 unspecified atom stereocenters. The van der Waals surface area contributed by atoms with Gasteiger partial charge in [-0.2, -0.15) is 4.57 Å². The van der Waals surface area contributed by atoms with Crippen molar-refractivity contribution < 1.29 is 31.1 Å². The normalized spacial score (nSPS) is 11.2. The van der Waals surface area contributed by atoms with Gasteiger partial charge >= 0.3 is 6.03 Å². The Balaban J connectivity index is 0.00000705. The molecular formula is C38H58BrN3O2S. The van der Waals surface area contributed by atoms with E-state index in [0.29, 0.717) is 6.54 Å². The van der Waals surface area contributed by atoms with Crippen molar-refractivity contribution in [2.45, 2.75) is 130 Å². The number of carbonyl (C=O) groups is 1. The lowest BCUT2D eigenvalue weighted by Gasteiger charge is -2.26. The third kappa shape index (κ3) is 13.9. The molecule has 0 aliphatic carbocycles. The number of aryl methyl sites for hydroxylation is 1. The van der Waals surface area contributed by atoms with Crippen molar-refractivity contribution in [2.75, 3.05) is 18.6 Å². The fraction of sp³-hybridized carbons (Fsp3) is 0.579. The molecule has 0 aliphatic heterocycles. The van der Waals surface area contributed by atoms with E-state index >= 15 is 0 Å². The number of carbonyl (C=O) groups excluding carboxylic acids is 1. The topological polar surface area (TPSA) is 45.5 Å². The largest absolute Gasteiger partial charge is 1.00 e. The summed E-state index contributed by atoms with van der Waals surface area (Å²) in [4.78, 5) is 16.1. The summed E-state index contributed by atoms with van der Waals surface area (Å²) in [5, 5.41) is 2.82. The fourth-order valence-electron chi connectivity index (χ4n) is 5.65. The number of halogens is 1. The van der Waals surface area contributed by atoms with Gasteiger partial charge in [-0.15, -0.1) is 0 Å². The number of nitrogens with one attached hydrogen (secondary N) is 1. The smallest absolute Gasteiger partial charge is 0.321 e. The summed E-state index contributed by atoms with van der Waals surface area (Å²) in [6.07, 6.45) is 18.2. The molecule has 1 N–H and O–H groups in total. The van der Waals surface area contributed by atoms with E-state index in [2.05, 4.69) is 86.5 Å². The second-order valence-corrected chi connectivity index (χ2v) is 14.4. The number of aromatic nitrogens is 1. The number of anilines is 1. The predicted octanol–water partition coefficient (Wildman–Crippen LogP) is 7.12. The van der Waals surface area contributed by atoms with Gasteiger partial charge in [0.2, 0.25) is 5.51 Å². The molecule has 2 aromatic carbocycles. The molecule has 250 valence electrons. The minimum Gasteiger partial charge on any atom is -1.00 e. The maximum Gasteiger partial charge on any atom is 0.321 e. The third-order valence-corrected chi connectivity index (χ3v) is 9.10. The molecule has 7 heteroatoms. The number of amides is 2. The molecule has 1 aromatic heterocycles. The van der Waals surface area contributed by atoms with Gasteiger partial charge < -0.3 is 27.0 Å². The van der Waals surface area contributed by atoms with E-state index in [0.717, 1.165) is 36.6 Å². The Morgan fingerprint density at radius 2 is 1.44 bits per heavy atom. The van der Waals surface area contributed by atoms with E-state index in [4.69, 9.17) is 4.74 Å². The molecule has 45 heavy (non-hydrogen) atoms. The summed E-state index contributed by atoms with van der Waals surface area (Å²) in [5.41, 5.74) is 6.45. The number of thiazole rings is 1. The SMILES string of the molecule is CCCCCCCCCCCCCCOc1cc(CN(C(=O)NC)c2ccc(C[n+]3csc(C)c3)cc2)ccc1C(C)(C)C.[Br-]. The Morgan fingerprint density at radius 3 is 1.98 bits per heavy atom. The van der Waals surface area contributed by atoms with Gasteiger partial charge in [-0.3, -0.25) is 4.90 Å². The fourth-order valence-corrected chi connectivity index (χ4v) is 6.28. The molecule has 0 spiro atoms. The lowest BCUT2D eigenvalue weighted by Crippen LogP contribution is -3.00. The van der Waals surface area contributed by atoms with E-state index in [-0.39, 0.29) is 28.4 Å². The van der Waals surface area contributed by atoms with Crippen LogP contribution in [0.4, 0.5) is 10.5 Å². The van der Waals surface area contributed by atoms with Gasteiger partial charge in [0.05, 0.1) is 18.0 Å². The molecule has 0 radical (unpaired) electrons. The van der Waals surface area contributed by atoms with Crippen molar-refractivity contribution in [1.82, 2.24) is 5.32 Å². The maximum absolute atomic E-state index is 13.0. The van der Waals surface area contributed by atoms with Gasteiger partial charge in [-0.25, -0.2) is 4.79 Å². The number of unbranched alkanes of at least 4 members (excludes halogenated alkanes) is 11. The van der Waals surface area contributed by atoms with Crippen molar-refractivity contribution in [2.24, 2.45) is 0 Å². The van der Waals surface area contributed by atoms with Crippen molar-refractivity contribution in [3.05, 3.63) is 75.7 Å². The first-order chi connectivity index (χ1) is 21.2. The molecule has 1 heterocycles. The molecule has 2 amide bonds. The molecule has 5 nitrogen and oxygen atoms in total. The lowest BCUT2D eigenvalue weighted by atomic mass is 9.85. The Bertz CT molecular complexity index is 1250. The molecule has 3 rings (SSSR count). The van der Waals surface area contributed by atoms with Gasteiger partial charge in [0.15, 0.2) is 12.7 Å². The maximum atomic E-state index is 13.0. The van der Waals surface area contributed by atoms with Crippen LogP contribution in [0.3, 0.4) is 0 Å². The molecule has 0 fully saturated rings. The van der Waals surface area contributed by atoms with Crippen LogP contribution in [0.1, 0.15) is 126 Å². The first-order valence-electron chi connectivity index (χ1n) is 17.0. The summed E-state index contributed by atoms with van der Waals surface area (Å²) < 4.78 is 8.62. The highest BCUT2D eigenvalue weighted by Crippen LogP contribution is 2.33. The number of hydrogen-bond acceptors (Lipinski definition) is 3. The number of urea groups is 1. The van der Waals surface area contributed by atoms with Crippen molar-refractivity contribution in [3.8, 4) is 5.75 Å². The Kier molecular flexibility index (Phi) is 17.8. The molecule has 0 saturated carbocycles. The zero-order valence-corrected chi connectivity index (χ0v) is 31.2. The Hall–Kier alpha value is -2.38. The highest BCUT2D eigenvalue weighted by atomic mass is 79.9. The van der Waals surface area contributed by atoms with Crippen molar-refractivity contribution >= 4 is 23.1 Å². The standard InChI is InChI=1S/C38H57N3O2S.BrH/c1-7-8-9-10-11-12-13-14-15-16-17-18-25-43-36-26-33(21-24-35(36)38(3,4)5)29-41(37(42)39-6)34-22-19-32(20-23-34)28-40-27-31(2)44-30-40;/h19-24,26-27,30H,7-18,25,28-29H2,1-6H3;1H. The van der Waals surface area contributed by atoms with Crippen LogP contribution in [0, 0.1) is 6.92 Å². The van der Waals surface area contributed by atoms with Crippen LogP contribution < -0.4 is 36.5 Å². The average Bonchev–Trinajstić information content (AvgIpc) is 3.42. The van der Waals surface area contributed by atoms with Crippen LogP contribution in [0.25, 0.3) is 0 Å². The van der Waals surface area contributed by atoms with Gasteiger partial charge in [-0.1, -0.05) is 134 Å².